The van der Waals surface area contributed by atoms with Crippen LogP contribution < -0.4 is 5.43 Å². The fraction of sp³-hybridized carbons (Fsp3) is 0.312. The molecular formula is C16H18N2O4. The summed E-state index contributed by atoms with van der Waals surface area (Å²) in [5, 5.41) is 23.2. The molecule has 1 aliphatic rings. The lowest BCUT2D eigenvalue weighted by molar-refractivity contribution is -0.117. The molecule has 0 radical (unpaired) electrons. The molecule has 0 heterocycles. The first-order valence-electron chi connectivity index (χ1n) is 6.87. The summed E-state index contributed by atoms with van der Waals surface area (Å²) < 4.78 is 0. The average molecular weight is 302 g/mol. The molecular weight excluding hydrogens is 284 g/mol. The Kier molecular flexibility index (Phi) is 4.30. The van der Waals surface area contributed by atoms with E-state index in [0.717, 1.165) is 6.21 Å². The molecule has 1 aromatic rings. The van der Waals surface area contributed by atoms with Crippen LogP contribution in [0.25, 0.3) is 0 Å². The van der Waals surface area contributed by atoms with Crippen molar-refractivity contribution in [2.45, 2.75) is 26.7 Å². The molecule has 0 spiro atoms. The average Bonchev–Trinajstić information content (AvgIpc) is 2.41. The molecule has 0 atom stereocenters. The molecule has 0 aromatic heterocycles. The highest BCUT2D eigenvalue weighted by Gasteiger charge is 2.32. The van der Waals surface area contributed by atoms with Gasteiger partial charge in [-0.25, -0.2) is 5.43 Å². The minimum atomic E-state index is -0.599. The monoisotopic (exact) mass is 302 g/mol. The number of carbonyl (C=O) groups excluding carboxylic acids is 2. The number of aliphatic hydroxyl groups excluding tert-OH is 1. The van der Waals surface area contributed by atoms with Crippen LogP contribution in [0.2, 0.25) is 0 Å². The molecule has 0 bridgehead atoms. The predicted molar refractivity (Wildman–Crippen MR) is 81.7 cm³/mol. The van der Waals surface area contributed by atoms with Crippen LogP contribution in [0.3, 0.4) is 0 Å². The van der Waals surface area contributed by atoms with Crippen molar-refractivity contribution in [2.24, 2.45) is 10.5 Å². The van der Waals surface area contributed by atoms with Crippen LogP contribution in [-0.4, -0.2) is 28.1 Å². The molecule has 0 saturated heterocycles. The number of hydrogen-bond donors (Lipinski definition) is 3. The quantitative estimate of drug-likeness (QED) is 0.589. The predicted octanol–water partition coefficient (Wildman–Crippen LogP) is 2.31. The normalized spacial score (nSPS) is 17.8. The number of hydrazone groups is 1. The largest absolute Gasteiger partial charge is 0.511 e. The molecule has 2 rings (SSSR count). The van der Waals surface area contributed by atoms with Gasteiger partial charge in [0, 0.05) is 12.8 Å². The summed E-state index contributed by atoms with van der Waals surface area (Å²) in [7, 11) is 0. The molecule has 1 amide bonds. The van der Waals surface area contributed by atoms with Crippen LogP contribution in [0.15, 0.2) is 40.7 Å². The highest BCUT2D eigenvalue weighted by molar-refractivity contribution is 6.14. The van der Waals surface area contributed by atoms with Gasteiger partial charge in [0.1, 0.15) is 11.5 Å². The summed E-state index contributed by atoms with van der Waals surface area (Å²) in [6.45, 7) is 3.80. The van der Waals surface area contributed by atoms with Crippen LogP contribution in [0, 0.1) is 5.41 Å². The number of ketones is 1. The lowest BCUT2D eigenvalue weighted by Gasteiger charge is -2.28. The molecule has 6 heteroatoms. The number of amides is 1. The van der Waals surface area contributed by atoms with Crippen LogP contribution in [0.5, 0.6) is 5.75 Å². The summed E-state index contributed by atoms with van der Waals surface area (Å²) >= 11 is 0. The molecule has 1 aliphatic carbocycles. The van der Waals surface area contributed by atoms with Crippen molar-refractivity contribution in [2.75, 3.05) is 0 Å². The maximum Gasteiger partial charge on any atom is 0.275 e. The van der Waals surface area contributed by atoms with Crippen molar-refractivity contribution >= 4 is 17.9 Å². The number of allylic oxidation sites excluding steroid dienone is 2. The number of benzene rings is 1. The molecule has 1 aromatic carbocycles. The van der Waals surface area contributed by atoms with Crippen LogP contribution in [0.1, 0.15) is 37.0 Å². The Morgan fingerprint density at radius 2 is 1.95 bits per heavy atom. The fourth-order valence-electron chi connectivity index (χ4n) is 2.33. The molecule has 116 valence electrons. The maximum atomic E-state index is 12.0. The number of hydrogen-bond acceptors (Lipinski definition) is 5. The molecule has 0 aliphatic heterocycles. The van der Waals surface area contributed by atoms with E-state index in [1.165, 1.54) is 12.1 Å². The highest BCUT2D eigenvalue weighted by atomic mass is 16.3. The lowest BCUT2D eigenvalue weighted by atomic mass is 9.77. The zero-order valence-corrected chi connectivity index (χ0v) is 12.5. The van der Waals surface area contributed by atoms with Crippen LogP contribution in [0.4, 0.5) is 0 Å². The van der Waals surface area contributed by atoms with Crippen LogP contribution >= 0.6 is 0 Å². The highest BCUT2D eigenvalue weighted by Crippen LogP contribution is 2.35. The van der Waals surface area contributed by atoms with Gasteiger partial charge in [0.15, 0.2) is 5.78 Å². The van der Waals surface area contributed by atoms with Crippen molar-refractivity contribution in [3.63, 3.8) is 0 Å². The van der Waals surface area contributed by atoms with Crippen molar-refractivity contribution in [1.82, 2.24) is 5.43 Å². The maximum absolute atomic E-state index is 12.0. The van der Waals surface area contributed by atoms with Gasteiger partial charge in [-0.1, -0.05) is 26.0 Å². The van der Waals surface area contributed by atoms with E-state index in [1.54, 1.807) is 12.1 Å². The molecule has 6 nitrogen and oxygen atoms in total. The number of phenolic OH excluding ortho intramolecular Hbond substituents is 1. The smallest absolute Gasteiger partial charge is 0.275 e. The third-order valence-corrected chi connectivity index (χ3v) is 3.40. The van der Waals surface area contributed by atoms with Gasteiger partial charge in [0.2, 0.25) is 0 Å². The number of nitrogens with zero attached hydrogens (tertiary/aromatic N) is 1. The first-order chi connectivity index (χ1) is 10.3. The first-order valence-corrected chi connectivity index (χ1v) is 6.87. The van der Waals surface area contributed by atoms with Gasteiger partial charge >= 0.3 is 0 Å². The molecule has 0 unspecified atom stereocenters. The second-order valence-electron chi connectivity index (χ2n) is 6.02. The standard InChI is InChI=1S/C16H18N2O4/c1-16(2)7-13(20)11(14(21)8-16)9-17-18-15(22)10-5-3-4-6-12(10)19/h3-6,9,19-20H,7-8H2,1-2H3,(H,18,22). The van der Waals surface area contributed by atoms with E-state index in [0.29, 0.717) is 12.8 Å². The Labute approximate surface area is 128 Å². The number of aliphatic hydroxyl groups is 1. The minimum Gasteiger partial charge on any atom is -0.511 e. The lowest BCUT2D eigenvalue weighted by Crippen LogP contribution is -2.27. The van der Waals surface area contributed by atoms with E-state index < -0.39 is 5.91 Å². The SMILES string of the molecule is CC1(C)CC(=O)C(C=NNC(=O)c2ccccc2O)=C(O)C1. The third-order valence-electron chi connectivity index (χ3n) is 3.40. The van der Waals surface area contributed by atoms with Gasteiger partial charge in [-0.15, -0.1) is 0 Å². The van der Waals surface area contributed by atoms with E-state index in [4.69, 9.17) is 0 Å². The fourth-order valence-corrected chi connectivity index (χ4v) is 2.33. The van der Waals surface area contributed by atoms with E-state index in [2.05, 4.69) is 10.5 Å². The van der Waals surface area contributed by atoms with Crippen LogP contribution in [-0.2, 0) is 4.79 Å². The van der Waals surface area contributed by atoms with E-state index >= 15 is 0 Å². The van der Waals surface area contributed by atoms with E-state index in [1.807, 2.05) is 13.8 Å². The van der Waals surface area contributed by atoms with Gasteiger partial charge in [0.05, 0.1) is 17.4 Å². The summed E-state index contributed by atoms with van der Waals surface area (Å²) in [5.74, 6) is -0.998. The van der Waals surface area contributed by atoms with Gasteiger partial charge in [-0.05, 0) is 17.5 Å². The van der Waals surface area contributed by atoms with Crippen molar-refractivity contribution < 1.29 is 19.8 Å². The number of para-hydroxylation sites is 1. The Hall–Kier alpha value is -2.63. The zero-order chi connectivity index (χ0) is 16.3. The van der Waals surface area contributed by atoms with Crippen molar-refractivity contribution in [3.05, 3.63) is 41.2 Å². The van der Waals surface area contributed by atoms with Gasteiger partial charge in [-0.2, -0.15) is 5.10 Å². The third kappa shape index (κ3) is 3.52. The van der Waals surface area contributed by atoms with Crippen molar-refractivity contribution in [1.29, 1.82) is 0 Å². The van der Waals surface area contributed by atoms with Gasteiger partial charge in [0.25, 0.3) is 5.91 Å². The van der Waals surface area contributed by atoms with E-state index in [9.17, 15) is 19.8 Å². The number of rotatable bonds is 3. The minimum absolute atomic E-state index is 0.0261. The zero-order valence-electron chi connectivity index (χ0n) is 12.5. The number of phenols is 1. The second kappa shape index (κ2) is 6.01. The Balaban J connectivity index is 2.08. The summed E-state index contributed by atoms with van der Waals surface area (Å²) in [4.78, 5) is 23.8. The van der Waals surface area contributed by atoms with Gasteiger partial charge < -0.3 is 10.2 Å². The molecule has 0 fully saturated rings. The summed E-state index contributed by atoms with van der Waals surface area (Å²) in [6, 6.07) is 6.05. The molecule has 0 saturated carbocycles. The topological polar surface area (TPSA) is 99.0 Å². The number of Topliss-reactive ketones (excluding diaryl/α,β-unsaturated/α-hetero) is 1. The number of aromatic hydroxyl groups is 1. The van der Waals surface area contributed by atoms with Gasteiger partial charge in [-0.3, -0.25) is 9.59 Å². The molecule has 22 heavy (non-hydrogen) atoms. The summed E-state index contributed by atoms with van der Waals surface area (Å²) in [5.41, 5.74) is 2.13. The number of carbonyl (C=O) groups is 2. The Morgan fingerprint density at radius 1 is 1.27 bits per heavy atom. The Morgan fingerprint density at radius 3 is 2.59 bits per heavy atom. The molecule has 3 N–H and O–H groups in total. The summed E-state index contributed by atoms with van der Waals surface area (Å²) in [6.07, 6.45) is 1.84. The number of nitrogens with one attached hydrogen (secondary N) is 1. The first kappa shape index (κ1) is 15.8. The van der Waals surface area contributed by atoms with Crippen molar-refractivity contribution in [3.8, 4) is 5.75 Å². The Bertz CT molecular complexity index is 674. The van der Waals surface area contributed by atoms with E-state index in [-0.39, 0.29) is 33.8 Å². The second-order valence-corrected chi connectivity index (χ2v) is 6.02.